The molecule has 0 spiro atoms. The van der Waals surface area contributed by atoms with Crippen molar-refractivity contribution in [2.45, 2.75) is 71.5 Å². The summed E-state index contributed by atoms with van der Waals surface area (Å²) in [4.78, 5) is 19.0. The molecule has 8 nitrogen and oxygen atoms in total. The third-order valence-corrected chi connectivity index (χ3v) is 11.6. The number of halogens is 2. The first kappa shape index (κ1) is 32.0. The number of carboxylic acids is 1. The quantitative estimate of drug-likeness (QED) is 0.179. The second-order valence-corrected chi connectivity index (χ2v) is 14.8. The molecule has 5 heterocycles. The normalized spacial score (nSPS) is 16.8. The Kier molecular flexibility index (Phi) is 8.21. The molecule has 0 amide bonds. The lowest BCUT2D eigenvalue weighted by atomic mass is 9.93. The number of nitrogens with zero attached hydrogens (tertiary/aromatic N) is 4. The van der Waals surface area contributed by atoms with E-state index in [-0.39, 0.29) is 17.6 Å². The second-order valence-electron chi connectivity index (χ2n) is 13.2. The summed E-state index contributed by atoms with van der Waals surface area (Å²) in [5, 5.41) is 23.4. The lowest BCUT2D eigenvalue weighted by Crippen LogP contribution is -2.28. The zero-order valence-electron chi connectivity index (χ0n) is 27.7. The molecule has 2 aliphatic heterocycles. The van der Waals surface area contributed by atoms with Gasteiger partial charge in [-0.05, 0) is 99.2 Å². The third-order valence-electron chi connectivity index (χ3n) is 10.1. The van der Waals surface area contributed by atoms with Crippen LogP contribution in [0.1, 0.15) is 73.9 Å². The number of hydrogen-bond acceptors (Lipinski definition) is 6. The van der Waals surface area contributed by atoms with Crippen LogP contribution in [0, 0.1) is 19.7 Å². The van der Waals surface area contributed by atoms with Gasteiger partial charge in [0.25, 0.3) is 0 Å². The molecule has 49 heavy (non-hydrogen) atoms. The number of nitrogens with one attached hydrogen (secondary N) is 1. The van der Waals surface area contributed by atoms with Crippen molar-refractivity contribution in [1.29, 1.82) is 0 Å². The van der Waals surface area contributed by atoms with Crippen LogP contribution in [0.3, 0.4) is 0 Å². The van der Waals surface area contributed by atoms with Crippen molar-refractivity contribution >= 4 is 50.6 Å². The Morgan fingerprint density at radius 3 is 2.73 bits per heavy atom. The molecule has 2 aliphatic rings. The van der Waals surface area contributed by atoms with E-state index in [1.807, 2.05) is 32.2 Å². The van der Waals surface area contributed by atoms with Crippen LogP contribution in [-0.2, 0) is 39.4 Å². The number of fused-ring (bicyclic) bond motifs is 7. The maximum atomic E-state index is 14.3. The minimum absolute atomic E-state index is 0.0188. The molecule has 0 fully saturated rings. The molecule has 1 atom stereocenters. The predicted molar refractivity (Wildman–Crippen MR) is 192 cm³/mol. The van der Waals surface area contributed by atoms with Crippen LogP contribution in [0.4, 0.5) is 4.39 Å². The van der Waals surface area contributed by atoms with Crippen molar-refractivity contribution in [3.05, 3.63) is 97.1 Å². The Bertz CT molecular complexity index is 2290. The summed E-state index contributed by atoms with van der Waals surface area (Å²) < 4.78 is 24.6. The van der Waals surface area contributed by atoms with Gasteiger partial charge in [0.15, 0.2) is 0 Å². The van der Waals surface area contributed by atoms with Crippen molar-refractivity contribution in [2.75, 3.05) is 6.61 Å². The first-order valence-electron chi connectivity index (χ1n) is 16.8. The standard InChI is InChI=1S/C38H37ClFN5O3S/c1-20-31-13-8-22-16-23-18-24(40)9-10-25(23)30(17-22)48-15-5-6-26-27-11-12-28(39)34(35(27)44(3)36(26)38(46)47)33-21(2)43-45-14-4-7-29(37(33)45)41-19-32(42-20)49-31/h9-12,16-18,29,41H,4-8,13-15,19H2,1-3H3,(H,46,47)/t29-/m1/s1. The first-order chi connectivity index (χ1) is 23.7. The van der Waals surface area contributed by atoms with Crippen LogP contribution < -0.4 is 10.1 Å². The van der Waals surface area contributed by atoms with Crippen LogP contribution >= 0.6 is 22.9 Å². The van der Waals surface area contributed by atoms with Gasteiger partial charge in [0, 0.05) is 46.9 Å². The van der Waals surface area contributed by atoms with Crippen LogP contribution in [0.5, 0.6) is 5.75 Å². The van der Waals surface area contributed by atoms with E-state index in [4.69, 9.17) is 26.4 Å². The molecule has 8 rings (SSSR count). The van der Waals surface area contributed by atoms with Crippen LogP contribution in [-0.4, -0.2) is 37.0 Å². The fraction of sp³-hybridized carbons (Fsp3) is 0.342. The maximum absolute atomic E-state index is 14.3. The van der Waals surface area contributed by atoms with Crippen molar-refractivity contribution in [3.8, 4) is 16.9 Å². The van der Waals surface area contributed by atoms with E-state index in [1.165, 1.54) is 10.9 Å². The summed E-state index contributed by atoms with van der Waals surface area (Å²) in [6.45, 7) is 5.87. The average Bonchev–Trinajstić information content (AvgIpc) is 3.70. The van der Waals surface area contributed by atoms with Crippen molar-refractivity contribution in [1.82, 2.24) is 24.6 Å². The van der Waals surface area contributed by atoms with Crippen LogP contribution in [0.15, 0.2) is 42.5 Å². The van der Waals surface area contributed by atoms with Gasteiger partial charge in [-0.3, -0.25) is 4.68 Å². The number of benzene rings is 3. The molecule has 252 valence electrons. The largest absolute Gasteiger partial charge is 0.493 e. The molecular formula is C38H37ClFN5O3S. The average molecular weight is 698 g/mol. The molecule has 0 radical (unpaired) electrons. The Morgan fingerprint density at radius 2 is 1.90 bits per heavy atom. The van der Waals surface area contributed by atoms with E-state index in [2.05, 4.69) is 23.0 Å². The molecule has 0 aliphatic carbocycles. The third kappa shape index (κ3) is 5.59. The minimum Gasteiger partial charge on any atom is -0.493 e. The summed E-state index contributed by atoms with van der Waals surface area (Å²) in [6, 6.07) is 12.7. The highest BCUT2D eigenvalue weighted by Crippen LogP contribution is 2.45. The van der Waals surface area contributed by atoms with Crippen molar-refractivity contribution in [2.24, 2.45) is 7.05 Å². The van der Waals surface area contributed by atoms with E-state index in [1.54, 1.807) is 28.0 Å². The molecule has 11 heteroatoms. The topological polar surface area (TPSA) is 94.2 Å². The van der Waals surface area contributed by atoms with Gasteiger partial charge in [0.2, 0.25) is 0 Å². The minimum atomic E-state index is -0.988. The molecule has 0 saturated heterocycles. The van der Waals surface area contributed by atoms with Crippen LogP contribution in [0.25, 0.3) is 32.8 Å². The van der Waals surface area contributed by atoms with Gasteiger partial charge in [-0.1, -0.05) is 23.7 Å². The summed E-state index contributed by atoms with van der Waals surface area (Å²) in [5.41, 5.74) is 7.60. The summed E-state index contributed by atoms with van der Waals surface area (Å²) >= 11 is 8.80. The number of carbonyl (C=O) groups is 1. The molecule has 6 aromatic rings. The highest BCUT2D eigenvalue weighted by atomic mass is 35.5. The Hall–Kier alpha value is -4.25. The number of hydrogen-bond donors (Lipinski definition) is 2. The number of carboxylic acid groups (broad SMARTS) is 1. The Morgan fingerprint density at radius 1 is 1.06 bits per heavy atom. The molecule has 0 unspecified atom stereocenters. The molecule has 3 aromatic heterocycles. The molecule has 2 N–H and O–H groups in total. The van der Waals surface area contributed by atoms with Crippen LogP contribution in [0.2, 0.25) is 5.02 Å². The number of aromatic nitrogens is 4. The van der Waals surface area contributed by atoms with Gasteiger partial charge < -0.3 is 19.7 Å². The highest BCUT2D eigenvalue weighted by Gasteiger charge is 2.32. The Labute approximate surface area is 292 Å². The number of thiazole rings is 1. The summed E-state index contributed by atoms with van der Waals surface area (Å²) in [5.74, 6) is -0.576. The maximum Gasteiger partial charge on any atom is 0.352 e. The smallest absolute Gasteiger partial charge is 0.352 e. The number of ether oxygens (including phenoxy) is 1. The van der Waals surface area contributed by atoms with Gasteiger partial charge in [0.05, 0.1) is 40.3 Å². The van der Waals surface area contributed by atoms with E-state index in [9.17, 15) is 14.3 Å². The SMILES string of the molecule is Cc1nc2sc1CCc1cc(c3ccc(F)cc3c1)OCCCc1c(C(=O)O)n(C)c3c(c(Cl)ccc13)-c1c(C)nn3c1[C@@H](CCC3)NC2. The first-order valence-corrected chi connectivity index (χ1v) is 18.0. The molecule has 0 saturated carbocycles. The van der Waals surface area contributed by atoms with E-state index in [0.717, 1.165) is 98.2 Å². The van der Waals surface area contributed by atoms with E-state index < -0.39 is 5.97 Å². The molecule has 8 bridgehead atoms. The lowest BCUT2D eigenvalue weighted by molar-refractivity contribution is 0.0685. The van der Waals surface area contributed by atoms with Gasteiger partial charge in [-0.15, -0.1) is 11.3 Å². The monoisotopic (exact) mass is 697 g/mol. The van der Waals surface area contributed by atoms with Gasteiger partial charge in [-0.2, -0.15) is 5.10 Å². The van der Waals surface area contributed by atoms with E-state index in [0.29, 0.717) is 36.8 Å². The second kappa shape index (κ2) is 12.6. The zero-order valence-corrected chi connectivity index (χ0v) is 29.3. The number of aryl methyl sites for hydroxylation is 7. The molecule has 3 aromatic carbocycles. The number of aromatic carboxylic acids is 1. The molecular weight excluding hydrogens is 661 g/mol. The fourth-order valence-corrected chi connectivity index (χ4v) is 9.17. The fourth-order valence-electron chi connectivity index (χ4n) is 7.90. The predicted octanol–water partition coefficient (Wildman–Crippen LogP) is 8.49. The van der Waals surface area contributed by atoms with Crippen molar-refractivity contribution < 1.29 is 19.0 Å². The van der Waals surface area contributed by atoms with E-state index >= 15 is 0 Å². The van der Waals surface area contributed by atoms with Crippen molar-refractivity contribution in [3.63, 3.8) is 0 Å². The summed E-state index contributed by atoms with van der Waals surface area (Å²) in [7, 11) is 1.81. The van der Waals surface area contributed by atoms with Gasteiger partial charge in [-0.25, -0.2) is 14.2 Å². The van der Waals surface area contributed by atoms with Gasteiger partial charge in [0.1, 0.15) is 22.3 Å². The number of rotatable bonds is 1. The van der Waals surface area contributed by atoms with Gasteiger partial charge >= 0.3 is 5.97 Å². The highest BCUT2D eigenvalue weighted by molar-refractivity contribution is 7.11. The Balaban J connectivity index is 1.28. The zero-order chi connectivity index (χ0) is 34.0. The summed E-state index contributed by atoms with van der Waals surface area (Å²) in [6.07, 6.45) is 4.59. The lowest BCUT2D eigenvalue weighted by Gasteiger charge is -2.26.